The van der Waals surface area contributed by atoms with Crippen LogP contribution in [0.2, 0.25) is 0 Å². The number of carbonyl (C=O) groups is 3. The monoisotopic (exact) mass is 353 g/mol. The van der Waals surface area contributed by atoms with Gasteiger partial charge in [-0.15, -0.1) is 0 Å². The number of aryl methyl sites for hydroxylation is 1. The van der Waals surface area contributed by atoms with Crippen LogP contribution in [0.1, 0.15) is 18.9 Å². The van der Waals surface area contributed by atoms with Gasteiger partial charge in [-0.3, -0.25) is 14.4 Å². The van der Waals surface area contributed by atoms with Gasteiger partial charge in [0.15, 0.2) is 0 Å². The summed E-state index contributed by atoms with van der Waals surface area (Å²) in [5, 5.41) is 8.86. The van der Waals surface area contributed by atoms with Crippen LogP contribution in [0.5, 0.6) is 0 Å². The smallest absolute Gasteiger partial charge is 0.317 e. The van der Waals surface area contributed by atoms with E-state index in [9.17, 15) is 14.4 Å². The van der Waals surface area contributed by atoms with E-state index in [1.807, 2.05) is 19.1 Å². The molecule has 2 rings (SSSR count). The average molecular weight is 353 g/mol. The minimum Gasteiger partial charge on any atom is -0.317 e. The van der Waals surface area contributed by atoms with Crippen LogP contribution in [0.3, 0.4) is 0 Å². The Morgan fingerprint density at radius 3 is 2.42 bits per heavy atom. The topological polar surface area (TPSA) is 113 Å². The summed E-state index contributed by atoms with van der Waals surface area (Å²) >= 11 is 0. The Morgan fingerprint density at radius 2 is 1.73 bits per heavy atom. The van der Waals surface area contributed by atoms with Gasteiger partial charge < -0.3 is 10.6 Å². The highest BCUT2D eigenvalue weighted by molar-refractivity contribution is 6.39. The summed E-state index contributed by atoms with van der Waals surface area (Å²) in [4.78, 5) is 39.5. The molecule has 0 aliphatic heterocycles. The number of aromatic nitrogens is 1. The molecule has 3 N–H and O–H groups in total. The highest BCUT2D eigenvalue weighted by atomic mass is 16.2. The predicted octanol–water partition coefficient (Wildman–Crippen LogP) is 1.85. The van der Waals surface area contributed by atoms with Gasteiger partial charge in [-0.2, -0.15) is 5.10 Å². The second-order valence-corrected chi connectivity index (χ2v) is 5.50. The Hall–Kier alpha value is -3.55. The van der Waals surface area contributed by atoms with Crippen molar-refractivity contribution >= 4 is 34.9 Å². The molecule has 1 heterocycles. The molecule has 0 fully saturated rings. The van der Waals surface area contributed by atoms with Gasteiger partial charge in [-0.25, -0.2) is 10.4 Å². The molecule has 0 unspecified atom stereocenters. The fraction of sp³-hybridized carbons (Fsp3) is 0.167. The van der Waals surface area contributed by atoms with Gasteiger partial charge in [-0.05, 0) is 37.6 Å². The second kappa shape index (κ2) is 9.07. The van der Waals surface area contributed by atoms with Gasteiger partial charge >= 0.3 is 11.8 Å². The van der Waals surface area contributed by atoms with Crippen LogP contribution in [0, 0.1) is 6.92 Å². The van der Waals surface area contributed by atoms with Crippen molar-refractivity contribution in [3.05, 3.63) is 54.2 Å². The number of carbonyl (C=O) groups excluding carboxylic acids is 3. The summed E-state index contributed by atoms with van der Waals surface area (Å²) in [7, 11) is 0. The van der Waals surface area contributed by atoms with E-state index in [0.29, 0.717) is 17.2 Å². The van der Waals surface area contributed by atoms with Crippen molar-refractivity contribution < 1.29 is 14.4 Å². The third-order valence-electron chi connectivity index (χ3n) is 3.30. The van der Waals surface area contributed by atoms with Gasteiger partial charge in [-0.1, -0.05) is 24.3 Å². The third-order valence-corrected chi connectivity index (χ3v) is 3.30. The third kappa shape index (κ3) is 5.82. The van der Waals surface area contributed by atoms with E-state index in [2.05, 4.69) is 26.1 Å². The lowest BCUT2D eigenvalue weighted by Crippen LogP contribution is -2.33. The van der Waals surface area contributed by atoms with Gasteiger partial charge in [0.05, 0.1) is 6.42 Å². The number of benzene rings is 1. The maximum atomic E-state index is 11.9. The summed E-state index contributed by atoms with van der Waals surface area (Å²) in [5.74, 6) is -1.66. The zero-order valence-corrected chi connectivity index (χ0v) is 14.4. The first kappa shape index (κ1) is 18.8. The normalized spacial score (nSPS) is 10.8. The highest BCUT2D eigenvalue weighted by Crippen LogP contribution is 2.12. The number of nitrogens with one attached hydrogen (secondary N) is 3. The van der Waals surface area contributed by atoms with E-state index >= 15 is 0 Å². The molecule has 26 heavy (non-hydrogen) atoms. The number of amides is 3. The number of anilines is 2. The number of hydrazone groups is 1. The van der Waals surface area contributed by atoms with E-state index in [1.54, 1.807) is 43.5 Å². The summed E-state index contributed by atoms with van der Waals surface area (Å²) in [5.41, 5.74) is 3.85. The van der Waals surface area contributed by atoms with Crippen LogP contribution in [0.4, 0.5) is 11.5 Å². The molecule has 8 heteroatoms. The first-order chi connectivity index (χ1) is 12.5. The van der Waals surface area contributed by atoms with Crippen LogP contribution in [-0.2, 0) is 14.4 Å². The Labute approximate surface area is 150 Å². The fourth-order valence-electron chi connectivity index (χ4n) is 1.98. The summed E-state index contributed by atoms with van der Waals surface area (Å²) in [6.07, 6.45) is 1.51. The van der Waals surface area contributed by atoms with Crippen molar-refractivity contribution in [3.8, 4) is 0 Å². The predicted molar refractivity (Wildman–Crippen MR) is 98.5 cm³/mol. The van der Waals surface area contributed by atoms with Crippen molar-refractivity contribution in [1.29, 1.82) is 0 Å². The van der Waals surface area contributed by atoms with Gasteiger partial charge in [0.1, 0.15) is 5.82 Å². The molecule has 0 aliphatic rings. The standard InChI is InChI=1S/C18H19N5O3/c1-12-7-3-4-8-14(12)20-17(25)18(26)23-22-13(2)11-16(24)21-15-9-5-6-10-19-15/h3-10H,11H2,1-2H3,(H,20,25)(H,23,26)(H,19,21,24)/b22-13-. The number of hydrogen-bond donors (Lipinski definition) is 3. The molecule has 1 aromatic carbocycles. The van der Waals surface area contributed by atoms with Crippen LogP contribution in [-0.4, -0.2) is 28.4 Å². The van der Waals surface area contributed by atoms with Gasteiger partial charge in [0.25, 0.3) is 0 Å². The number of rotatable bonds is 5. The molecule has 0 aliphatic carbocycles. The van der Waals surface area contributed by atoms with E-state index in [-0.39, 0.29) is 12.3 Å². The molecule has 2 aromatic rings. The maximum absolute atomic E-state index is 11.9. The summed E-state index contributed by atoms with van der Waals surface area (Å²) in [6, 6.07) is 12.2. The van der Waals surface area contributed by atoms with Crippen LogP contribution in [0.25, 0.3) is 0 Å². The Bertz CT molecular complexity index is 834. The number of para-hydroxylation sites is 1. The Balaban J connectivity index is 1.83. The molecule has 0 atom stereocenters. The number of hydrogen-bond acceptors (Lipinski definition) is 5. The lowest BCUT2D eigenvalue weighted by Gasteiger charge is -2.07. The first-order valence-corrected chi connectivity index (χ1v) is 7.86. The summed E-state index contributed by atoms with van der Waals surface area (Å²) < 4.78 is 0. The Morgan fingerprint density at radius 1 is 1.00 bits per heavy atom. The molecule has 134 valence electrons. The quantitative estimate of drug-likeness (QED) is 0.432. The summed E-state index contributed by atoms with van der Waals surface area (Å²) in [6.45, 7) is 3.38. The lowest BCUT2D eigenvalue weighted by molar-refractivity contribution is -0.136. The lowest BCUT2D eigenvalue weighted by atomic mass is 10.2. The molecule has 0 saturated heterocycles. The van der Waals surface area contributed by atoms with E-state index in [0.717, 1.165) is 5.56 Å². The highest BCUT2D eigenvalue weighted by Gasteiger charge is 2.14. The SMILES string of the molecule is C/C(CC(=O)Nc1ccccn1)=N/NC(=O)C(=O)Nc1ccccc1C. The average Bonchev–Trinajstić information content (AvgIpc) is 2.62. The van der Waals surface area contributed by atoms with E-state index in [1.165, 1.54) is 0 Å². The molecular weight excluding hydrogens is 334 g/mol. The fourth-order valence-corrected chi connectivity index (χ4v) is 1.98. The van der Waals surface area contributed by atoms with Crippen molar-refractivity contribution in [2.75, 3.05) is 10.6 Å². The van der Waals surface area contributed by atoms with Crippen LogP contribution in [0.15, 0.2) is 53.8 Å². The van der Waals surface area contributed by atoms with Crippen molar-refractivity contribution in [3.63, 3.8) is 0 Å². The van der Waals surface area contributed by atoms with Crippen molar-refractivity contribution in [1.82, 2.24) is 10.4 Å². The molecule has 0 saturated carbocycles. The van der Waals surface area contributed by atoms with E-state index < -0.39 is 11.8 Å². The van der Waals surface area contributed by atoms with E-state index in [4.69, 9.17) is 0 Å². The molecule has 0 spiro atoms. The van der Waals surface area contributed by atoms with Crippen molar-refractivity contribution in [2.24, 2.45) is 5.10 Å². The van der Waals surface area contributed by atoms with Crippen LogP contribution >= 0.6 is 0 Å². The number of nitrogens with zero attached hydrogens (tertiary/aromatic N) is 2. The van der Waals surface area contributed by atoms with Crippen LogP contribution < -0.4 is 16.1 Å². The molecule has 8 nitrogen and oxygen atoms in total. The minimum atomic E-state index is -0.919. The first-order valence-electron chi connectivity index (χ1n) is 7.86. The van der Waals surface area contributed by atoms with Crippen molar-refractivity contribution in [2.45, 2.75) is 20.3 Å². The van der Waals surface area contributed by atoms with Gasteiger partial charge in [0.2, 0.25) is 5.91 Å². The zero-order valence-electron chi connectivity index (χ0n) is 14.4. The zero-order chi connectivity index (χ0) is 18.9. The molecular formula is C18H19N5O3. The number of pyridine rings is 1. The Kier molecular flexibility index (Phi) is 6.55. The molecule has 1 aromatic heterocycles. The molecule has 0 bridgehead atoms. The molecule has 0 radical (unpaired) electrons. The van der Waals surface area contributed by atoms with Gasteiger partial charge in [0, 0.05) is 17.6 Å². The minimum absolute atomic E-state index is 0.0454. The maximum Gasteiger partial charge on any atom is 0.329 e. The molecule has 3 amide bonds. The largest absolute Gasteiger partial charge is 0.329 e. The second-order valence-electron chi connectivity index (χ2n) is 5.50.